The van der Waals surface area contributed by atoms with Crippen LogP contribution in [0.25, 0.3) is 0 Å². The van der Waals surface area contributed by atoms with Gasteiger partial charge in [-0.05, 0) is 91.5 Å². The van der Waals surface area contributed by atoms with Crippen LogP contribution < -0.4 is 5.32 Å². The predicted molar refractivity (Wildman–Crippen MR) is 143 cm³/mol. The van der Waals surface area contributed by atoms with Crippen molar-refractivity contribution in [2.45, 2.75) is 64.8 Å². The summed E-state index contributed by atoms with van der Waals surface area (Å²) >= 11 is 0. The quantitative estimate of drug-likeness (QED) is 0.350. The summed E-state index contributed by atoms with van der Waals surface area (Å²) in [5, 5.41) is 21.0. The summed E-state index contributed by atoms with van der Waals surface area (Å²) in [4.78, 5) is 17.6. The summed E-state index contributed by atoms with van der Waals surface area (Å²) in [6, 6.07) is 13.1. The molecule has 4 atom stereocenters. The molecule has 6 heteroatoms. The number of benzene rings is 2. The Bertz CT molecular complexity index is 1160. The van der Waals surface area contributed by atoms with Crippen molar-refractivity contribution in [3.8, 4) is 5.75 Å². The van der Waals surface area contributed by atoms with Gasteiger partial charge in [-0.1, -0.05) is 38.0 Å². The fourth-order valence-corrected chi connectivity index (χ4v) is 5.95. The second-order valence-electron chi connectivity index (χ2n) is 10.4. The van der Waals surface area contributed by atoms with Crippen LogP contribution in [0.15, 0.2) is 65.2 Å². The van der Waals surface area contributed by atoms with Crippen LogP contribution in [0.2, 0.25) is 0 Å². The molecule has 3 N–H and O–H groups in total. The number of carbonyl (C=O) groups excluding carboxylic acids is 1. The smallest absolute Gasteiger partial charge is 0.224 e. The van der Waals surface area contributed by atoms with E-state index in [0.717, 1.165) is 49.8 Å². The van der Waals surface area contributed by atoms with Gasteiger partial charge in [0.25, 0.3) is 0 Å². The van der Waals surface area contributed by atoms with Gasteiger partial charge in [0.05, 0.1) is 12.1 Å². The summed E-state index contributed by atoms with van der Waals surface area (Å²) in [6.45, 7) is 4.44. The van der Waals surface area contributed by atoms with Gasteiger partial charge in [-0.3, -0.25) is 9.79 Å². The average Bonchev–Trinajstić information content (AvgIpc) is 3.15. The van der Waals surface area contributed by atoms with Crippen molar-refractivity contribution in [2.75, 3.05) is 0 Å². The van der Waals surface area contributed by atoms with Crippen molar-refractivity contribution in [2.24, 2.45) is 22.2 Å². The lowest BCUT2D eigenvalue weighted by Gasteiger charge is -2.40. The van der Waals surface area contributed by atoms with E-state index in [1.165, 1.54) is 23.9 Å². The van der Waals surface area contributed by atoms with Gasteiger partial charge in [-0.25, -0.2) is 4.39 Å². The van der Waals surface area contributed by atoms with Crippen molar-refractivity contribution in [3.05, 3.63) is 71.6 Å². The molecule has 2 aromatic rings. The molecule has 2 aliphatic carbocycles. The highest BCUT2D eigenvalue weighted by Crippen LogP contribution is 2.55. The minimum Gasteiger partial charge on any atom is -0.508 e. The van der Waals surface area contributed by atoms with Crippen molar-refractivity contribution in [1.82, 2.24) is 5.32 Å². The number of carbonyl (C=O) groups is 1. The highest BCUT2D eigenvalue weighted by molar-refractivity contribution is 6.08. The number of amides is 1. The Kier molecular flexibility index (Phi) is 8.02. The molecule has 190 valence electrons. The SMILES string of the molecule is CCCC(CC1CCC2=CC(=Nc3ccc(F)cc3)C(C=N)CC21C)NC(=O)Cc1cccc(O)c1. The fraction of sp³-hybridized carbons (Fsp3) is 0.433. The molecule has 1 amide bonds. The third-order valence-electron chi connectivity index (χ3n) is 7.88. The van der Waals surface area contributed by atoms with E-state index >= 15 is 0 Å². The van der Waals surface area contributed by atoms with E-state index in [4.69, 9.17) is 10.4 Å². The van der Waals surface area contributed by atoms with E-state index in [1.807, 2.05) is 6.07 Å². The van der Waals surface area contributed by atoms with Gasteiger partial charge in [0.15, 0.2) is 0 Å². The van der Waals surface area contributed by atoms with Gasteiger partial charge in [-0.15, -0.1) is 0 Å². The third kappa shape index (κ3) is 5.92. The van der Waals surface area contributed by atoms with E-state index in [-0.39, 0.29) is 41.3 Å². The van der Waals surface area contributed by atoms with E-state index in [1.54, 1.807) is 30.3 Å². The number of phenolic OH excluding ortho intramolecular Hbond substituents is 1. The number of hydrogen-bond acceptors (Lipinski definition) is 4. The summed E-state index contributed by atoms with van der Waals surface area (Å²) in [5.74, 6) is 0.189. The molecule has 0 aliphatic heterocycles. The maximum absolute atomic E-state index is 13.3. The Morgan fingerprint density at radius 3 is 2.78 bits per heavy atom. The van der Waals surface area contributed by atoms with E-state index in [9.17, 15) is 14.3 Å². The number of allylic oxidation sites excluding steroid dienone is 2. The highest BCUT2D eigenvalue weighted by atomic mass is 19.1. The Hall–Kier alpha value is -3.28. The number of fused-ring (bicyclic) bond motifs is 1. The molecule has 4 unspecified atom stereocenters. The van der Waals surface area contributed by atoms with Gasteiger partial charge in [0, 0.05) is 23.9 Å². The first-order valence-electron chi connectivity index (χ1n) is 12.9. The first-order valence-corrected chi connectivity index (χ1v) is 12.9. The van der Waals surface area contributed by atoms with Crippen LogP contribution in [-0.4, -0.2) is 29.0 Å². The molecule has 2 aliphatic rings. The number of aliphatic imine (C=N–C) groups is 1. The molecule has 0 spiro atoms. The Balaban J connectivity index is 1.48. The molecular weight excluding hydrogens is 453 g/mol. The standard InChI is InChI=1S/C30H36FN3O2/c1-3-5-26(34-29(36)15-20-6-4-7-27(35)14-20)16-22-8-9-23-17-28(21(19-32)18-30(22,23)2)33-25-12-10-24(31)11-13-25/h4,6-7,10-14,17,19,21-22,26,32,35H,3,5,8-9,15-16,18H2,1-2H3,(H,34,36). The zero-order valence-corrected chi connectivity index (χ0v) is 21.1. The minimum absolute atomic E-state index is 0.0207. The first kappa shape index (κ1) is 25.8. The summed E-state index contributed by atoms with van der Waals surface area (Å²) in [7, 11) is 0. The lowest BCUT2D eigenvalue weighted by atomic mass is 9.65. The second kappa shape index (κ2) is 11.2. The summed E-state index contributed by atoms with van der Waals surface area (Å²) in [6.07, 6.45) is 9.58. The highest BCUT2D eigenvalue weighted by Gasteiger charge is 2.47. The van der Waals surface area contributed by atoms with Crippen LogP contribution >= 0.6 is 0 Å². The fourth-order valence-electron chi connectivity index (χ4n) is 5.95. The molecule has 1 fully saturated rings. The normalized spacial score (nSPS) is 25.2. The largest absolute Gasteiger partial charge is 0.508 e. The van der Waals surface area contributed by atoms with Gasteiger partial charge in [0.2, 0.25) is 5.91 Å². The molecular formula is C30H36FN3O2. The van der Waals surface area contributed by atoms with E-state index < -0.39 is 0 Å². The van der Waals surface area contributed by atoms with Gasteiger partial charge in [0.1, 0.15) is 11.6 Å². The summed E-state index contributed by atoms with van der Waals surface area (Å²) in [5.41, 5.74) is 3.70. The maximum Gasteiger partial charge on any atom is 0.224 e. The Morgan fingerprint density at radius 1 is 1.31 bits per heavy atom. The minimum atomic E-state index is -0.286. The van der Waals surface area contributed by atoms with Crippen LogP contribution in [0.5, 0.6) is 5.75 Å². The molecule has 36 heavy (non-hydrogen) atoms. The number of halogens is 1. The first-order chi connectivity index (χ1) is 17.3. The number of hydrogen-bond donors (Lipinski definition) is 3. The number of nitrogens with zero attached hydrogens (tertiary/aromatic N) is 1. The van der Waals surface area contributed by atoms with E-state index in [0.29, 0.717) is 11.6 Å². The van der Waals surface area contributed by atoms with Crippen LogP contribution in [0.4, 0.5) is 10.1 Å². The van der Waals surface area contributed by atoms with Crippen molar-refractivity contribution in [3.63, 3.8) is 0 Å². The maximum atomic E-state index is 13.3. The second-order valence-corrected chi connectivity index (χ2v) is 10.4. The van der Waals surface area contributed by atoms with Crippen molar-refractivity contribution in [1.29, 1.82) is 5.41 Å². The monoisotopic (exact) mass is 489 g/mol. The molecule has 0 saturated heterocycles. The molecule has 0 radical (unpaired) electrons. The lowest BCUT2D eigenvalue weighted by Crippen LogP contribution is -2.41. The van der Waals surface area contributed by atoms with Crippen LogP contribution in [-0.2, 0) is 11.2 Å². The van der Waals surface area contributed by atoms with Gasteiger partial charge < -0.3 is 15.8 Å². The molecule has 0 aromatic heterocycles. The zero-order valence-electron chi connectivity index (χ0n) is 21.1. The van der Waals surface area contributed by atoms with Crippen LogP contribution in [0.1, 0.15) is 57.9 Å². The molecule has 0 bridgehead atoms. The zero-order chi connectivity index (χ0) is 25.7. The van der Waals surface area contributed by atoms with Gasteiger partial charge >= 0.3 is 0 Å². The van der Waals surface area contributed by atoms with Crippen LogP contribution in [0.3, 0.4) is 0 Å². The number of rotatable bonds is 9. The van der Waals surface area contributed by atoms with Crippen LogP contribution in [0, 0.1) is 28.5 Å². The predicted octanol–water partition coefficient (Wildman–Crippen LogP) is 6.53. The lowest BCUT2D eigenvalue weighted by molar-refractivity contribution is -0.121. The van der Waals surface area contributed by atoms with E-state index in [2.05, 4.69) is 25.2 Å². The number of nitrogens with one attached hydrogen (secondary N) is 2. The van der Waals surface area contributed by atoms with Gasteiger partial charge in [-0.2, -0.15) is 0 Å². The Labute approximate surface area is 213 Å². The van der Waals surface area contributed by atoms with Crippen molar-refractivity contribution >= 4 is 23.5 Å². The third-order valence-corrected chi connectivity index (χ3v) is 7.88. The molecule has 4 rings (SSSR count). The molecule has 1 saturated carbocycles. The average molecular weight is 490 g/mol. The Morgan fingerprint density at radius 2 is 2.08 bits per heavy atom. The molecule has 0 heterocycles. The number of phenols is 1. The topological polar surface area (TPSA) is 85.5 Å². The number of aromatic hydroxyl groups is 1. The molecule has 2 aromatic carbocycles. The molecule has 5 nitrogen and oxygen atoms in total. The van der Waals surface area contributed by atoms with Crippen molar-refractivity contribution < 1.29 is 14.3 Å². The summed E-state index contributed by atoms with van der Waals surface area (Å²) < 4.78 is 13.3.